The third-order valence-corrected chi connectivity index (χ3v) is 4.40. The first-order chi connectivity index (χ1) is 12.5. The maximum atomic E-state index is 13.1. The first-order valence-corrected chi connectivity index (χ1v) is 8.97. The quantitative estimate of drug-likeness (QED) is 0.626. The standard InChI is InChI=1S/C22H25FO3/c1-3-26-22(25)19(14-18-9-11-20(23)12-10-18)15-21(24)16(2)13-17-7-5-4-6-8-17/h4-12,16,19H,3,13-15H2,1-2H3/t16-,19+/m0/s1. The minimum absolute atomic E-state index is 0.0361. The Morgan fingerprint density at radius 3 is 2.19 bits per heavy atom. The van der Waals surface area contributed by atoms with Crippen molar-refractivity contribution in [2.45, 2.75) is 33.1 Å². The topological polar surface area (TPSA) is 43.4 Å². The van der Waals surface area contributed by atoms with E-state index in [0.29, 0.717) is 12.8 Å². The molecule has 0 aliphatic carbocycles. The number of ketones is 1. The van der Waals surface area contributed by atoms with Crippen molar-refractivity contribution in [3.8, 4) is 0 Å². The molecule has 3 nitrogen and oxygen atoms in total. The summed E-state index contributed by atoms with van der Waals surface area (Å²) >= 11 is 0. The molecule has 26 heavy (non-hydrogen) atoms. The summed E-state index contributed by atoms with van der Waals surface area (Å²) in [6.07, 6.45) is 1.14. The molecule has 2 aromatic rings. The van der Waals surface area contributed by atoms with Crippen LogP contribution in [-0.2, 0) is 27.2 Å². The number of carbonyl (C=O) groups is 2. The molecule has 2 rings (SSSR count). The number of ether oxygens (including phenoxy) is 1. The third kappa shape index (κ3) is 6.10. The van der Waals surface area contributed by atoms with Crippen LogP contribution in [0.15, 0.2) is 54.6 Å². The predicted molar refractivity (Wildman–Crippen MR) is 99.2 cm³/mol. The monoisotopic (exact) mass is 356 g/mol. The number of halogens is 1. The number of rotatable bonds is 9. The highest BCUT2D eigenvalue weighted by atomic mass is 19.1. The molecule has 0 unspecified atom stereocenters. The van der Waals surface area contributed by atoms with Crippen molar-refractivity contribution in [1.82, 2.24) is 0 Å². The molecule has 0 aromatic heterocycles. The number of benzene rings is 2. The molecule has 0 fully saturated rings. The Morgan fingerprint density at radius 2 is 1.58 bits per heavy atom. The number of hydrogen-bond donors (Lipinski definition) is 0. The summed E-state index contributed by atoms with van der Waals surface area (Å²) < 4.78 is 18.2. The fraction of sp³-hybridized carbons (Fsp3) is 0.364. The summed E-state index contributed by atoms with van der Waals surface area (Å²) in [6.45, 7) is 3.90. The van der Waals surface area contributed by atoms with E-state index < -0.39 is 5.92 Å². The van der Waals surface area contributed by atoms with Gasteiger partial charge in [-0.15, -0.1) is 0 Å². The number of carbonyl (C=O) groups excluding carboxylic acids is 2. The molecule has 4 heteroatoms. The van der Waals surface area contributed by atoms with Crippen molar-refractivity contribution in [1.29, 1.82) is 0 Å². The van der Waals surface area contributed by atoms with E-state index in [4.69, 9.17) is 4.74 Å². The van der Waals surface area contributed by atoms with E-state index in [1.54, 1.807) is 19.1 Å². The van der Waals surface area contributed by atoms with Gasteiger partial charge < -0.3 is 4.74 Å². The second-order valence-corrected chi connectivity index (χ2v) is 6.54. The van der Waals surface area contributed by atoms with Gasteiger partial charge in [-0.25, -0.2) is 4.39 Å². The van der Waals surface area contributed by atoms with Gasteiger partial charge in [0.25, 0.3) is 0 Å². The van der Waals surface area contributed by atoms with Crippen molar-refractivity contribution < 1.29 is 18.7 Å². The molecule has 2 aromatic carbocycles. The van der Waals surface area contributed by atoms with Crippen LogP contribution in [0.1, 0.15) is 31.4 Å². The lowest BCUT2D eigenvalue weighted by atomic mass is 9.88. The van der Waals surface area contributed by atoms with E-state index in [-0.39, 0.29) is 36.5 Å². The van der Waals surface area contributed by atoms with Gasteiger partial charge in [0.2, 0.25) is 0 Å². The highest BCUT2D eigenvalue weighted by Gasteiger charge is 2.26. The lowest BCUT2D eigenvalue weighted by molar-refractivity contribution is -0.149. The molecule has 0 aliphatic rings. The average molecular weight is 356 g/mol. The zero-order chi connectivity index (χ0) is 18.9. The normalized spacial score (nSPS) is 13.0. The Balaban J connectivity index is 2.03. The molecule has 0 aliphatic heterocycles. The van der Waals surface area contributed by atoms with Crippen molar-refractivity contribution in [3.63, 3.8) is 0 Å². The molecule has 0 bridgehead atoms. The van der Waals surface area contributed by atoms with Crippen LogP contribution in [0, 0.1) is 17.7 Å². The zero-order valence-corrected chi connectivity index (χ0v) is 15.3. The van der Waals surface area contributed by atoms with Gasteiger partial charge >= 0.3 is 5.97 Å². The van der Waals surface area contributed by atoms with Crippen molar-refractivity contribution in [2.24, 2.45) is 11.8 Å². The molecule has 2 atom stereocenters. The Labute approximate surface area is 154 Å². The van der Waals surface area contributed by atoms with Gasteiger partial charge in [0.05, 0.1) is 12.5 Å². The summed E-state index contributed by atoms with van der Waals surface area (Å²) in [4.78, 5) is 24.9. The maximum absolute atomic E-state index is 13.1. The summed E-state index contributed by atoms with van der Waals surface area (Å²) in [5, 5.41) is 0. The first kappa shape index (κ1) is 19.8. The molecule has 0 saturated heterocycles. The molecule has 0 radical (unpaired) electrons. The van der Waals surface area contributed by atoms with Crippen LogP contribution < -0.4 is 0 Å². The molecule has 0 amide bonds. The fourth-order valence-corrected chi connectivity index (χ4v) is 2.93. The molecule has 0 spiro atoms. The van der Waals surface area contributed by atoms with Gasteiger partial charge in [0, 0.05) is 12.3 Å². The summed E-state index contributed by atoms with van der Waals surface area (Å²) in [7, 11) is 0. The molecule has 0 heterocycles. The smallest absolute Gasteiger partial charge is 0.309 e. The molecular weight excluding hydrogens is 331 g/mol. The number of esters is 1. The van der Waals surface area contributed by atoms with Crippen molar-refractivity contribution in [2.75, 3.05) is 6.61 Å². The number of Topliss-reactive ketones (excluding diaryl/α,β-unsaturated/α-hetero) is 1. The van der Waals surface area contributed by atoms with Crippen LogP contribution in [-0.4, -0.2) is 18.4 Å². The van der Waals surface area contributed by atoms with E-state index in [1.807, 2.05) is 37.3 Å². The van der Waals surface area contributed by atoms with Crippen molar-refractivity contribution >= 4 is 11.8 Å². The van der Waals surface area contributed by atoms with E-state index in [9.17, 15) is 14.0 Å². The predicted octanol–water partition coefficient (Wildman–Crippen LogP) is 4.39. The average Bonchev–Trinajstić information content (AvgIpc) is 2.64. The SMILES string of the molecule is CCOC(=O)[C@@H](CC(=O)[C@@H](C)Cc1ccccc1)Cc1ccc(F)cc1. The molecule has 138 valence electrons. The number of hydrogen-bond acceptors (Lipinski definition) is 3. The first-order valence-electron chi connectivity index (χ1n) is 8.97. The maximum Gasteiger partial charge on any atom is 0.309 e. The van der Waals surface area contributed by atoms with Gasteiger partial charge in [0.15, 0.2) is 0 Å². The highest BCUT2D eigenvalue weighted by molar-refractivity contribution is 5.86. The summed E-state index contributed by atoms with van der Waals surface area (Å²) in [5.41, 5.74) is 1.91. The van der Waals surface area contributed by atoms with E-state index in [0.717, 1.165) is 11.1 Å². The van der Waals surface area contributed by atoms with Gasteiger partial charge in [-0.3, -0.25) is 9.59 Å². The highest BCUT2D eigenvalue weighted by Crippen LogP contribution is 2.19. The van der Waals surface area contributed by atoms with Crippen LogP contribution >= 0.6 is 0 Å². The van der Waals surface area contributed by atoms with Gasteiger partial charge in [0.1, 0.15) is 11.6 Å². The van der Waals surface area contributed by atoms with Gasteiger partial charge in [-0.1, -0.05) is 49.4 Å². The molecule has 0 N–H and O–H groups in total. The van der Waals surface area contributed by atoms with E-state index in [2.05, 4.69) is 0 Å². The summed E-state index contributed by atoms with van der Waals surface area (Å²) in [6, 6.07) is 15.8. The van der Waals surface area contributed by atoms with Crippen LogP contribution in [0.3, 0.4) is 0 Å². The lowest BCUT2D eigenvalue weighted by Crippen LogP contribution is -2.26. The van der Waals surface area contributed by atoms with Gasteiger partial charge in [-0.05, 0) is 43.0 Å². The Bertz CT molecular complexity index is 710. The van der Waals surface area contributed by atoms with Crippen LogP contribution in [0.5, 0.6) is 0 Å². The largest absolute Gasteiger partial charge is 0.466 e. The summed E-state index contributed by atoms with van der Waals surface area (Å²) in [5.74, 6) is -1.39. The van der Waals surface area contributed by atoms with Gasteiger partial charge in [-0.2, -0.15) is 0 Å². The van der Waals surface area contributed by atoms with Crippen molar-refractivity contribution in [3.05, 3.63) is 71.5 Å². The lowest BCUT2D eigenvalue weighted by Gasteiger charge is -2.18. The van der Waals surface area contributed by atoms with Crippen LogP contribution in [0.4, 0.5) is 4.39 Å². The molecular formula is C22H25FO3. The van der Waals surface area contributed by atoms with Crippen LogP contribution in [0.25, 0.3) is 0 Å². The Kier molecular flexibility index (Phi) is 7.52. The molecule has 0 saturated carbocycles. The minimum Gasteiger partial charge on any atom is -0.466 e. The zero-order valence-electron chi connectivity index (χ0n) is 15.3. The van der Waals surface area contributed by atoms with E-state index >= 15 is 0 Å². The van der Waals surface area contributed by atoms with Crippen LogP contribution in [0.2, 0.25) is 0 Å². The second-order valence-electron chi connectivity index (χ2n) is 6.54. The second kappa shape index (κ2) is 9.85. The van der Waals surface area contributed by atoms with E-state index in [1.165, 1.54) is 12.1 Å². The minimum atomic E-state index is -0.550. The third-order valence-electron chi connectivity index (χ3n) is 4.40. The fourth-order valence-electron chi connectivity index (χ4n) is 2.93. The Hall–Kier alpha value is -2.49. The Morgan fingerprint density at radius 1 is 0.962 bits per heavy atom.